The van der Waals surface area contributed by atoms with Crippen LogP contribution in [0.15, 0.2) is 53.0 Å². The number of rotatable bonds is 6. The molecule has 3 aromatic rings. The number of aromatic amines is 1. The smallest absolute Gasteiger partial charge is 0.232 e. The maximum absolute atomic E-state index is 11.5. The largest absolute Gasteiger partial charge is 0.497 e. The molecule has 0 saturated heterocycles. The van der Waals surface area contributed by atoms with Gasteiger partial charge in [-0.1, -0.05) is 12.1 Å². The average molecular weight is 401 g/mol. The van der Waals surface area contributed by atoms with Crippen molar-refractivity contribution in [2.24, 2.45) is 0 Å². The second-order valence-electron chi connectivity index (χ2n) is 5.38. The van der Waals surface area contributed by atoms with Crippen LogP contribution in [-0.4, -0.2) is 23.7 Å². The molecule has 0 fully saturated rings. The van der Waals surface area contributed by atoms with Gasteiger partial charge in [0.1, 0.15) is 11.4 Å². The van der Waals surface area contributed by atoms with Gasteiger partial charge in [0.2, 0.25) is 6.41 Å². The van der Waals surface area contributed by atoms with Gasteiger partial charge in [-0.2, -0.15) is 5.10 Å². The number of hydrogen-bond acceptors (Lipinski definition) is 4. The first-order valence-corrected chi connectivity index (χ1v) is 8.38. The number of anilines is 2. The van der Waals surface area contributed by atoms with Gasteiger partial charge < -0.3 is 4.74 Å². The number of hydrazine groups is 1. The topological polar surface area (TPSA) is 70.2 Å². The van der Waals surface area contributed by atoms with Crippen LogP contribution in [0.5, 0.6) is 5.75 Å². The van der Waals surface area contributed by atoms with Crippen molar-refractivity contribution in [3.63, 3.8) is 0 Å². The van der Waals surface area contributed by atoms with Gasteiger partial charge in [-0.05, 0) is 59.3 Å². The third-order valence-corrected chi connectivity index (χ3v) is 4.68. The minimum atomic E-state index is 0.706. The van der Waals surface area contributed by atoms with E-state index >= 15 is 0 Å². The molecule has 0 bridgehead atoms. The van der Waals surface area contributed by atoms with E-state index in [1.165, 1.54) is 5.01 Å². The average Bonchev–Trinajstić information content (AvgIpc) is 2.99. The summed E-state index contributed by atoms with van der Waals surface area (Å²) in [4.78, 5) is 11.5. The zero-order chi connectivity index (χ0) is 17.8. The number of amides is 1. The first kappa shape index (κ1) is 17.0. The van der Waals surface area contributed by atoms with Crippen LogP contribution in [0.2, 0.25) is 0 Å². The monoisotopic (exact) mass is 400 g/mol. The molecule has 1 amide bonds. The summed E-state index contributed by atoms with van der Waals surface area (Å²) in [5.41, 5.74) is 7.28. The highest BCUT2D eigenvalue weighted by Crippen LogP contribution is 2.30. The SMILES string of the molecule is COc1ccc(N(C=O)Nc2cccc(-c3n[nH]c(C)c3Br)c2)cc1. The Morgan fingerprint density at radius 1 is 1.24 bits per heavy atom. The molecule has 2 N–H and O–H groups in total. The highest BCUT2D eigenvalue weighted by molar-refractivity contribution is 9.10. The van der Waals surface area contributed by atoms with Gasteiger partial charge in [0.05, 0.1) is 23.0 Å². The van der Waals surface area contributed by atoms with E-state index in [2.05, 4.69) is 31.6 Å². The Kier molecular flexibility index (Phi) is 5.04. The van der Waals surface area contributed by atoms with Gasteiger partial charge in [-0.15, -0.1) is 0 Å². The van der Waals surface area contributed by atoms with E-state index in [9.17, 15) is 4.79 Å². The molecule has 1 heterocycles. The lowest BCUT2D eigenvalue weighted by Gasteiger charge is -2.20. The van der Waals surface area contributed by atoms with Crippen molar-refractivity contribution in [2.45, 2.75) is 6.92 Å². The quantitative estimate of drug-likeness (QED) is 0.481. The molecule has 0 aliphatic heterocycles. The molecule has 7 heteroatoms. The molecule has 0 radical (unpaired) electrons. The summed E-state index contributed by atoms with van der Waals surface area (Å²) in [5, 5.41) is 8.66. The molecule has 0 spiro atoms. The van der Waals surface area contributed by atoms with Crippen LogP contribution in [0, 0.1) is 6.92 Å². The Labute approximate surface area is 153 Å². The van der Waals surface area contributed by atoms with Crippen LogP contribution in [0.1, 0.15) is 5.69 Å². The van der Waals surface area contributed by atoms with Crippen LogP contribution < -0.4 is 15.2 Å². The number of carbonyl (C=O) groups is 1. The first-order valence-electron chi connectivity index (χ1n) is 7.58. The predicted octanol–water partition coefficient (Wildman–Crippen LogP) is 4.15. The van der Waals surface area contributed by atoms with Gasteiger partial charge in [0.15, 0.2) is 0 Å². The lowest BCUT2D eigenvalue weighted by atomic mass is 10.1. The molecule has 0 saturated carbocycles. The van der Waals surface area contributed by atoms with Crippen LogP contribution in [0.25, 0.3) is 11.3 Å². The molecule has 0 unspecified atom stereocenters. The van der Waals surface area contributed by atoms with Crippen LogP contribution in [0.3, 0.4) is 0 Å². The number of H-pyrrole nitrogens is 1. The fourth-order valence-corrected chi connectivity index (χ4v) is 2.78. The Balaban J connectivity index is 1.84. The molecule has 1 aromatic heterocycles. The molecular formula is C18H17BrN4O2. The summed E-state index contributed by atoms with van der Waals surface area (Å²) in [6.45, 7) is 1.94. The van der Waals surface area contributed by atoms with E-state index in [0.29, 0.717) is 5.69 Å². The van der Waals surface area contributed by atoms with E-state index in [1.807, 2.05) is 31.2 Å². The normalized spacial score (nSPS) is 10.4. The zero-order valence-electron chi connectivity index (χ0n) is 13.8. The third kappa shape index (κ3) is 3.66. The summed E-state index contributed by atoms with van der Waals surface area (Å²) < 4.78 is 6.06. The second kappa shape index (κ2) is 7.40. The van der Waals surface area contributed by atoms with Gasteiger partial charge in [-0.3, -0.25) is 15.3 Å². The summed E-state index contributed by atoms with van der Waals surface area (Å²) in [5.74, 6) is 0.732. The number of nitrogens with zero attached hydrogens (tertiary/aromatic N) is 2. The van der Waals surface area contributed by atoms with Crippen molar-refractivity contribution in [3.05, 3.63) is 58.7 Å². The summed E-state index contributed by atoms with van der Waals surface area (Å²) in [6.07, 6.45) is 0.725. The van der Waals surface area contributed by atoms with E-state index < -0.39 is 0 Å². The number of aromatic nitrogens is 2. The lowest BCUT2D eigenvalue weighted by molar-refractivity contribution is -0.107. The standard InChI is InChI=1S/C18H17BrN4O2/c1-12-17(19)18(21-20-12)13-4-3-5-14(10-13)22-23(11-24)15-6-8-16(25-2)9-7-15/h3-11,22H,1-2H3,(H,20,21). The Hall–Kier alpha value is -2.80. The molecule has 128 valence electrons. The Bertz CT molecular complexity index is 877. The molecule has 2 aromatic carbocycles. The minimum Gasteiger partial charge on any atom is -0.497 e. The Morgan fingerprint density at radius 3 is 2.60 bits per heavy atom. The summed E-state index contributed by atoms with van der Waals surface area (Å²) in [7, 11) is 1.60. The van der Waals surface area contributed by atoms with Crippen LogP contribution >= 0.6 is 15.9 Å². The number of ether oxygens (including phenoxy) is 1. The van der Waals surface area contributed by atoms with E-state index in [1.54, 1.807) is 31.4 Å². The molecule has 0 aliphatic rings. The van der Waals surface area contributed by atoms with Gasteiger partial charge in [0.25, 0.3) is 0 Å². The lowest BCUT2D eigenvalue weighted by Crippen LogP contribution is -2.27. The highest BCUT2D eigenvalue weighted by atomic mass is 79.9. The zero-order valence-corrected chi connectivity index (χ0v) is 15.4. The number of aryl methyl sites for hydroxylation is 1. The van der Waals surface area contributed by atoms with Crippen LogP contribution in [-0.2, 0) is 4.79 Å². The Morgan fingerprint density at radius 2 is 2.00 bits per heavy atom. The third-order valence-electron chi connectivity index (χ3n) is 3.71. The van der Waals surface area contributed by atoms with Crippen molar-refractivity contribution >= 4 is 33.7 Å². The number of benzene rings is 2. The summed E-state index contributed by atoms with van der Waals surface area (Å²) >= 11 is 3.53. The molecular weight excluding hydrogens is 384 g/mol. The van der Waals surface area contributed by atoms with Crippen molar-refractivity contribution in [1.82, 2.24) is 10.2 Å². The molecule has 3 rings (SSSR count). The van der Waals surface area contributed by atoms with Gasteiger partial charge in [0, 0.05) is 11.3 Å². The van der Waals surface area contributed by atoms with E-state index in [-0.39, 0.29) is 0 Å². The fourth-order valence-electron chi connectivity index (χ4n) is 2.38. The van der Waals surface area contributed by atoms with Crippen molar-refractivity contribution < 1.29 is 9.53 Å². The van der Waals surface area contributed by atoms with Gasteiger partial charge >= 0.3 is 0 Å². The van der Waals surface area contributed by atoms with Crippen LogP contribution in [0.4, 0.5) is 11.4 Å². The molecule has 6 nitrogen and oxygen atoms in total. The van der Waals surface area contributed by atoms with E-state index in [0.717, 1.165) is 39.3 Å². The molecule has 0 aliphatic carbocycles. The maximum atomic E-state index is 11.5. The fraction of sp³-hybridized carbons (Fsp3) is 0.111. The molecule has 0 atom stereocenters. The number of halogens is 1. The first-order chi connectivity index (χ1) is 12.1. The number of hydrogen-bond donors (Lipinski definition) is 2. The second-order valence-corrected chi connectivity index (χ2v) is 6.17. The van der Waals surface area contributed by atoms with Crippen molar-refractivity contribution in [1.29, 1.82) is 0 Å². The van der Waals surface area contributed by atoms with E-state index in [4.69, 9.17) is 4.74 Å². The maximum Gasteiger partial charge on any atom is 0.232 e. The number of nitrogens with one attached hydrogen (secondary N) is 2. The number of methoxy groups -OCH3 is 1. The minimum absolute atomic E-state index is 0.706. The predicted molar refractivity (Wildman–Crippen MR) is 102 cm³/mol. The number of carbonyl (C=O) groups excluding carboxylic acids is 1. The highest BCUT2D eigenvalue weighted by Gasteiger charge is 2.11. The summed E-state index contributed by atoms with van der Waals surface area (Å²) in [6, 6.07) is 14.9. The van der Waals surface area contributed by atoms with Gasteiger partial charge in [-0.25, -0.2) is 5.01 Å². The van der Waals surface area contributed by atoms with Crippen molar-refractivity contribution in [3.8, 4) is 17.0 Å². The van der Waals surface area contributed by atoms with Crippen molar-refractivity contribution in [2.75, 3.05) is 17.5 Å². The molecule has 25 heavy (non-hydrogen) atoms.